The van der Waals surface area contributed by atoms with Crippen LogP contribution in [0.3, 0.4) is 0 Å². The summed E-state index contributed by atoms with van der Waals surface area (Å²) < 4.78 is 11.0. The van der Waals surface area contributed by atoms with Crippen molar-refractivity contribution in [2.24, 2.45) is 34.5 Å². The first-order chi connectivity index (χ1) is 14.6. The summed E-state index contributed by atoms with van der Waals surface area (Å²) in [6, 6.07) is 0. The molecule has 1 heterocycles. The molecule has 5 aliphatic rings. The molecule has 4 aliphatic carbocycles. The van der Waals surface area contributed by atoms with E-state index in [0.717, 1.165) is 37.7 Å². The first-order valence-electron chi connectivity index (χ1n) is 11.9. The molecule has 1 N–H and O–H groups in total. The summed E-state index contributed by atoms with van der Waals surface area (Å²) in [6.45, 7) is 6.09. The fraction of sp³-hybridized carbons (Fsp3) is 0.800. The molecule has 0 spiro atoms. The largest absolute Gasteiger partial charge is 0.462 e. The summed E-state index contributed by atoms with van der Waals surface area (Å²) in [5.74, 6) is 0.343. The molecule has 170 valence electrons. The number of carbonyl (C=O) groups excluding carboxylic acids is 3. The second kappa shape index (κ2) is 6.90. The molecule has 0 amide bonds. The fourth-order valence-electron chi connectivity index (χ4n) is 8.57. The monoisotopic (exact) mass is 430 g/mol. The zero-order chi connectivity index (χ0) is 22.2. The van der Waals surface area contributed by atoms with Crippen molar-refractivity contribution in [3.63, 3.8) is 0 Å². The molecule has 5 rings (SSSR count). The lowest BCUT2D eigenvalue weighted by molar-refractivity contribution is -0.203. The van der Waals surface area contributed by atoms with Crippen LogP contribution >= 0.6 is 0 Å². The highest BCUT2D eigenvalue weighted by molar-refractivity contribution is 5.85. The summed E-state index contributed by atoms with van der Waals surface area (Å²) in [4.78, 5) is 35.9. The highest BCUT2D eigenvalue weighted by Gasteiger charge is 2.70. The van der Waals surface area contributed by atoms with Crippen LogP contribution in [0, 0.1) is 34.5 Å². The van der Waals surface area contributed by atoms with Crippen LogP contribution in [0.4, 0.5) is 0 Å². The van der Waals surface area contributed by atoms with E-state index in [-0.39, 0.29) is 35.8 Å². The Labute approximate surface area is 183 Å². The molecule has 0 aromatic rings. The van der Waals surface area contributed by atoms with Gasteiger partial charge in [0.1, 0.15) is 18.5 Å². The summed E-state index contributed by atoms with van der Waals surface area (Å²) in [5.41, 5.74) is -0.532. The van der Waals surface area contributed by atoms with Gasteiger partial charge in [-0.25, -0.2) is 4.79 Å². The van der Waals surface area contributed by atoms with Crippen molar-refractivity contribution in [1.82, 2.24) is 0 Å². The van der Waals surface area contributed by atoms with E-state index in [2.05, 4.69) is 13.8 Å². The molecule has 4 saturated carbocycles. The van der Waals surface area contributed by atoms with E-state index >= 15 is 0 Å². The summed E-state index contributed by atoms with van der Waals surface area (Å²) >= 11 is 0. The molecule has 31 heavy (non-hydrogen) atoms. The van der Waals surface area contributed by atoms with Gasteiger partial charge in [-0.1, -0.05) is 13.8 Å². The van der Waals surface area contributed by atoms with Crippen LogP contribution in [0.5, 0.6) is 0 Å². The van der Waals surface area contributed by atoms with E-state index < -0.39 is 17.1 Å². The molecule has 6 nitrogen and oxygen atoms in total. The standard InChI is InChI=1S/C25H34O6/c1-14(26)31-20-12-25(29)19-5-4-16-11-17(27)6-8-23(16,2)18(19)7-9-24(25,3)22(20)15-10-21(28)30-13-15/h10,16,18-20,22,29H,4-9,11-13H2,1-3H3/t16-,18?,19?,20+,22?,23+,24-,25+/m1/s1. The van der Waals surface area contributed by atoms with Crippen molar-refractivity contribution >= 4 is 17.7 Å². The first-order valence-corrected chi connectivity index (χ1v) is 11.9. The Morgan fingerprint density at radius 2 is 1.94 bits per heavy atom. The summed E-state index contributed by atoms with van der Waals surface area (Å²) in [5, 5.41) is 12.4. The molecule has 0 aromatic heterocycles. The Bertz CT molecular complexity index is 862. The number of hydrogen-bond acceptors (Lipinski definition) is 6. The minimum atomic E-state index is -0.970. The van der Waals surface area contributed by atoms with Crippen molar-refractivity contribution in [3.8, 4) is 0 Å². The zero-order valence-corrected chi connectivity index (χ0v) is 18.8. The topological polar surface area (TPSA) is 89.9 Å². The van der Waals surface area contributed by atoms with Gasteiger partial charge < -0.3 is 14.6 Å². The van der Waals surface area contributed by atoms with Crippen LogP contribution in [-0.2, 0) is 23.9 Å². The Morgan fingerprint density at radius 3 is 2.61 bits per heavy atom. The minimum Gasteiger partial charge on any atom is -0.462 e. The normalized spacial score (nSPS) is 48.9. The third-order valence-corrected chi connectivity index (χ3v) is 10.1. The predicted octanol–water partition coefficient (Wildman–Crippen LogP) is 3.35. The highest BCUT2D eigenvalue weighted by atomic mass is 16.5. The number of aliphatic hydroxyl groups is 1. The fourth-order valence-corrected chi connectivity index (χ4v) is 8.57. The number of fused-ring (bicyclic) bond motifs is 5. The molecule has 8 atom stereocenters. The van der Waals surface area contributed by atoms with E-state index in [4.69, 9.17) is 9.47 Å². The molecule has 0 radical (unpaired) electrons. The van der Waals surface area contributed by atoms with Crippen molar-refractivity contribution in [1.29, 1.82) is 0 Å². The van der Waals surface area contributed by atoms with Crippen LogP contribution < -0.4 is 0 Å². The van der Waals surface area contributed by atoms with Gasteiger partial charge in [-0.2, -0.15) is 0 Å². The zero-order valence-electron chi connectivity index (χ0n) is 18.8. The quantitative estimate of drug-likeness (QED) is 0.676. The smallest absolute Gasteiger partial charge is 0.331 e. The Kier molecular flexibility index (Phi) is 4.71. The van der Waals surface area contributed by atoms with E-state index in [1.807, 2.05) is 0 Å². The second-order valence-electron chi connectivity index (χ2n) is 11.3. The van der Waals surface area contributed by atoms with Gasteiger partial charge in [0, 0.05) is 43.6 Å². The number of carbonyl (C=O) groups is 3. The van der Waals surface area contributed by atoms with Gasteiger partial charge in [0.2, 0.25) is 0 Å². The van der Waals surface area contributed by atoms with Gasteiger partial charge in [-0.3, -0.25) is 9.59 Å². The average molecular weight is 431 g/mol. The SMILES string of the molecule is CC(=O)O[C@H]1C[C@]2(O)C3CC[C@@H]4CC(=O)CC[C@]4(C)C3CC[C@]2(C)C1C1=CC(=O)OC1. The molecule has 1 aliphatic heterocycles. The number of ketones is 1. The lowest BCUT2D eigenvalue weighted by Crippen LogP contribution is -2.62. The molecule has 4 fully saturated rings. The second-order valence-corrected chi connectivity index (χ2v) is 11.3. The van der Waals surface area contributed by atoms with E-state index in [0.29, 0.717) is 36.9 Å². The first kappa shape index (κ1) is 21.2. The third-order valence-electron chi connectivity index (χ3n) is 10.1. The van der Waals surface area contributed by atoms with E-state index in [9.17, 15) is 19.5 Å². The van der Waals surface area contributed by atoms with Crippen LogP contribution in [0.15, 0.2) is 11.6 Å². The van der Waals surface area contributed by atoms with Gasteiger partial charge in [0.15, 0.2) is 0 Å². The van der Waals surface area contributed by atoms with Gasteiger partial charge >= 0.3 is 11.9 Å². The summed E-state index contributed by atoms with van der Waals surface area (Å²) in [6.07, 6.45) is 7.41. The lowest BCUT2D eigenvalue weighted by atomic mass is 9.43. The average Bonchev–Trinajstić information content (AvgIpc) is 3.19. The molecular weight excluding hydrogens is 396 g/mol. The molecule has 0 aromatic carbocycles. The summed E-state index contributed by atoms with van der Waals surface area (Å²) in [7, 11) is 0. The van der Waals surface area contributed by atoms with Gasteiger partial charge in [-0.15, -0.1) is 0 Å². The van der Waals surface area contributed by atoms with Gasteiger partial charge in [-0.05, 0) is 60.8 Å². The van der Waals surface area contributed by atoms with Crippen LogP contribution in [0.2, 0.25) is 0 Å². The Hall–Kier alpha value is -1.69. The molecule has 0 saturated heterocycles. The van der Waals surface area contributed by atoms with Crippen LogP contribution in [0.25, 0.3) is 0 Å². The van der Waals surface area contributed by atoms with Crippen molar-refractivity contribution in [2.75, 3.05) is 6.61 Å². The maximum Gasteiger partial charge on any atom is 0.331 e. The number of cyclic esters (lactones) is 1. The maximum absolute atomic E-state index is 12.4. The van der Waals surface area contributed by atoms with Crippen LogP contribution in [0.1, 0.15) is 72.1 Å². The van der Waals surface area contributed by atoms with E-state index in [1.54, 1.807) is 0 Å². The van der Waals surface area contributed by atoms with E-state index in [1.165, 1.54) is 13.0 Å². The van der Waals surface area contributed by atoms with Gasteiger partial charge in [0.25, 0.3) is 0 Å². The Balaban J connectivity index is 1.53. The molecular formula is C25H34O6. The third kappa shape index (κ3) is 2.89. The number of esters is 2. The number of ether oxygens (including phenoxy) is 2. The highest BCUT2D eigenvalue weighted by Crippen LogP contribution is 2.70. The Morgan fingerprint density at radius 1 is 1.16 bits per heavy atom. The maximum atomic E-state index is 12.4. The lowest BCUT2D eigenvalue weighted by Gasteiger charge is -2.63. The molecule has 0 bridgehead atoms. The van der Waals surface area contributed by atoms with Crippen molar-refractivity contribution < 1.29 is 29.0 Å². The van der Waals surface area contributed by atoms with Crippen molar-refractivity contribution in [2.45, 2.75) is 83.8 Å². The predicted molar refractivity (Wildman–Crippen MR) is 112 cm³/mol. The number of rotatable bonds is 2. The van der Waals surface area contributed by atoms with Gasteiger partial charge in [0.05, 0.1) is 5.60 Å². The molecule has 3 unspecified atom stereocenters. The minimum absolute atomic E-state index is 0.0780. The van der Waals surface area contributed by atoms with Crippen molar-refractivity contribution in [3.05, 3.63) is 11.6 Å². The number of Topliss-reactive ketones (excluding diaryl/α,β-unsaturated/α-hetero) is 1. The molecule has 6 heteroatoms. The van der Waals surface area contributed by atoms with Crippen LogP contribution in [-0.4, -0.2) is 41.1 Å². The number of hydrogen-bond donors (Lipinski definition) is 1.